The van der Waals surface area contributed by atoms with Crippen LogP contribution in [0.5, 0.6) is 0 Å². The summed E-state index contributed by atoms with van der Waals surface area (Å²) in [4.78, 5) is 17.7. The summed E-state index contributed by atoms with van der Waals surface area (Å²) >= 11 is 1.53. The molecule has 0 fully saturated rings. The Labute approximate surface area is 141 Å². The van der Waals surface area contributed by atoms with Gasteiger partial charge in [0, 0.05) is 23.5 Å². The van der Waals surface area contributed by atoms with Crippen molar-refractivity contribution in [2.24, 2.45) is 7.05 Å². The minimum atomic E-state index is 0.677. The molecule has 0 aliphatic rings. The molecule has 24 heavy (non-hydrogen) atoms. The Balaban J connectivity index is 1.72. The number of rotatable bonds is 4. The van der Waals surface area contributed by atoms with Crippen LogP contribution in [0, 0.1) is 0 Å². The number of aryl methyl sites for hydroxylation is 1. The van der Waals surface area contributed by atoms with Gasteiger partial charge in [0.1, 0.15) is 30.6 Å². The first kappa shape index (κ1) is 14.5. The zero-order chi connectivity index (χ0) is 16.4. The van der Waals surface area contributed by atoms with Crippen LogP contribution in [-0.2, 0) is 7.05 Å². The molecule has 0 spiro atoms. The Morgan fingerprint density at radius 1 is 1.08 bits per heavy atom. The van der Waals surface area contributed by atoms with E-state index in [1.807, 2.05) is 29.8 Å². The third kappa shape index (κ3) is 2.88. The summed E-state index contributed by atoms with van der Waals surface area (Å²) in [6, 6.07) is 7.77. The standard InChI is InChI=1S/C15H12N8S/c1-23-9-20-22-15(23)24-10-2-3-12-11(6-10)14(19-8-17-12)21-13-4-5-16-7-18-13/h2-9H,1H3,(H,16,17,18,19,21). The lowest BCUT2D eigenvalue weighted by Crippen LogP contribution is -1.98. The number of fused-ring (bicyclic) bond motifs is 1. The lowest BCUT2D eigenvalue weighted by Gasteiger charge is -2.08. The smallest absolute Gasteiger partial charge is 0.195 e. The van der Waals surface area contributed by atoms with Crippen molar-refractivity contribution in [2.75, 3.05) is 5.32 Å². The highest BCUT2D eigenvalue weighted by Gasteiger charge is 2.09. The molecule has 0 atom stereocenters. The fourth-order valence-electron chi connectivity index (χ4n) is 2.16. The summed E-state index contributed by atoms with van der Waals surface area (Å²) in [5, 5.41) is 12.9. The second-order valence-corrected chi connectivity index (χ2v) is 5.99. The monoisotopic (exact) mass is 336 g/mol. The van der Waals surface area contributed by atoms with E-state index >= 15 is 0 Å². The van der Waals surface area contributed by atoms with Crippen LogP contribution in [0.15, 0.2) is 59.5 Å². The van der Waals surface area contributed by atoms with Gasteiger partial charge >= 0.3 is 0 Å². The molecule has 0 bridgehead atoms. The van der Waals surface area contributed by atoms with E-state index in [1.165, 1.54) is 24.4 Å². The van der Waals surface area contributed by atoms with Gasteiger partial charge < -0.3 is 9.88 Å². The highest BCUT2D eigenvalue weighted by atomic mass is 32.2. The number of anilines is 2. The Kier molecular flexibility index (Phi) is 3.75. The quantitative estimate of drug-likeness (QED) is 0.607. The number of benzene rings is 1. The van der Waals surface area contributed by atoms with Crippen molar-refractivity contribution in [3.63, 3.8) is 0 Å². The van der Waals surface area contributed by atoms with Gasteiger partial charge in [-0.05, 0) is 36.0 Å². The van der Waals surface area contributed by atoms with Gasteiger partial charge in [0.05, 0.1) is 5.52 Å². The van der Waals surface area contributed by atoms with Crippen LogP contribution in [0.4, 0.5) is 11.6 Å². The molecular formula is C15H12N8S. The third-order valence-corrected chi connectivity index (χ3v) is 4.36. The van der Waals surface area contributed by atoms with Crippen LogP contribution in [0.25, 0.3) is 10.9 Å². The normalized spacial score (nSPS) is 10.9. The van der Waals surface area contributed by atoms with E-state index in [4.69, 9.17) is 0 Å². The van der Waals surface area contributed by atoms with Crippen molar-refractivity contribution in [1.82, 2.24) is 34.7 Å². The molecule has 0 amide bonds. The van der Waals surface area contributed by atoms with Gasteiger partial charge in [0.15, 0.2) is 5.16 Å². The summed E-state index contributed by atoms with van der Waals surface area (Å²) < 4.78 is 1.87. The molecule has 0 saturated carbocycles. The van der Waals surface area contributed by atoms with Gasteiger partial charge in [0.25, 0.3) is 0 Å². The average molecular weight is 336 g/mol. The number of nitrogens with one attached hydrogen (secondary N) is 1. The minimum absolute atomic E-state index is 0.677. The maximum absolute atomic E-state index is 4.33. The van der Waals surface area contributed by atoms with Crippen LogP contribution in [0.1, 0.15) is 0 Å². The fourth-order valence-corrected chi connectivity index (χ4v) is 2.96. The Morgan fingerprint density at radius 2 is 2.04 bits per heavy atom. The van der Waals surface area contributed by atoms with Crippen molar-refractivity contribution in [2.45, 2.75) is 10.1 Å². The molecule has 4 aromatic rings. The van der Waals surface area contributed by atoms with E-state index in [2.05, 4.69) is 35.5 Å². The third-order valence-electron chi connectivity index (χ3n) is 3.31. The SMILES string of the molecule is Cn1cnnc1Sc1ccc2ncnc(Nc3ccncn3)c2c1. The molecule has 1 aromatic carbocycles. The van der Waals surface area contributed by atoms with E-state index in [9.17, 15) is 0 Å². The summed E-state index contributed by atoms with van der Waals surface area (Å²) in [6.45, 7) is 0. The maximum Gasteiger partial charge on any atom is 0.195 e. The van der Waals surface area contributed by atoms with Gasteiger partial charge in [-0.15, -0.1) is 10.2 Å². The molecule has 3 aromatic heterocycles. The van der Waals surface area contributed by atoms with Gasteiger partial charge in [-0.2, -0.15) is 0 Å². The zero-order valence-electron chi connectivity index (χ0n) is 12.7. The first-order valence-corrected chi connectivity index (χ1v) is 7.91. The molecule has 8 nitrogen and oxygen atoms in total. The Hall–Kier alpha value is -3.07. The van der Waals surface area contributed by atoms with Crippen molar-refractivity contribution in [3.8, 4) is 0 Å². The number of hydrogen-bond acceptors (Lipinski definition) is 8. The lowest BCUT2D eigenvalue weighted by molar-refractivity contribution is 0.788. The second-order valence-electron chi connectivity index (χ2n) is 4.95. The molecule has 4 rings (SSSR count). The number of nitrogens with zero attached hydrogens (tertiary/aromatic N) is 7. The van der Waals surface area contributed by atoms with Crippen LogP contribution in [0.2, 0.25) is 0 Å². The van der Waals surface area contributed by atoms with E-state index < -0.39 is 0 Å². The summed E-state index contributed by atoms with van der Waals surface area (Å²) in [5.41, 5.74) is 0.851. The molecular weight excluding hydrogens is 324 g/mol. The largest absolute Gasteiger partial charge is 0.324 e. The Bertz CT molecular complexity index is 985. The fraction of sp³-hybridized carbons (Fsp3) is 0.0667. The second kappa shape index (κ2) is 6.20. The lowest BCUT2D eigenvalue weighted by atomic mass is 10.2. The summed E-state index contributed by atoms with van der Waals surface area (Å²) in [6.07, 6.45) is 6.37. The highest BCUT2D eigenvalue weighted by molar-refractivity contribution is 7.99. The maximum atomic E-state index is 4.33. The first-order chi connectivity index (χ1) is 11.8. The van der Waals surface area contributed by atoms with Gasteiger partial charge in [-0.25, -0.2) is 19.9 Å². The van der Waals surface area contributed by atoms with Crippen molar-refractivity contribution >= 4 is 34.3 Å². The summed E-state index contributed by atoms with van der Waals surface area (Å²) in [5.74, 6) is 1.37. The first-order valence-electron chi connectivity index (χ1n) is 7.09. The number of hydrogen-bond donors (Lipinski definition) is 1. The van der Waals surface area contributed by atoms with E-state index in [1.54, 1.807) is 18.6 Å². The summed E-state index contributed by atoms with van der Waals surface area (Å²) in [7, 11) is 1.91. The van der Waals surface area contributed by atoms with Crippen LogP contribution in [-0.4, -0.2) is 34.7 Å². The van der Waals surface area contributed by atoms with E-state index in [0.29, 0.717) is 11.6 Å². The molecule has 0 aliphatic heterocycles. The van der Waals surface area contributed by atoms with E-state index in [0.717, 1.165) is 21.0 Å². The molecule has 0 radical (unpaired) electrons. The van der Waals surface area contributed by atoms with Gasteiger partial charge in [-0.1, -0.05) is 0 Å². The molecule has 9 heteroatoms. The van der Waals surface area contributed by atoms with Crippen molar-refractivity contribution in [1.29, 1.82) is 0 Å². The molecule has 1 N–H and O–H groups in total. The number of aromatic nitrogens is 7. The Morgan fingerprint density at radius 3 is 2.83 bits per heavy atom. The van der Waals surface area contributed by atoms with E-state index in [-0.39, 0.29) is 0 Å². The highest BCUT2D eigenvalue weighted by Crippen LogP contribution is 2.30. The van der Waals surface area contributed by atoms with Crippen LogP contribution >= 0.6 is 11.8 Å². The predicted molar refractivity (Wildman–Crippen MR) is 90.0 cm³/mol. The zero-order valence-corrected chi connectivity index (χ0v) is 13.5. The minimum Gasteiger partial charge on any atom is -0.324 e. The predicted octanol–water partition coefficient (Wildman–Crippen LogP) is 2.44. The van der Waals surface area contributed by atoms with Crippen molar-refractivity contribution < 1.29 is 0 Å². The average Bonchev–Trinajstić information content (AvgIpc) is 3.01. The molecule has 0 saturated heterocycles. The topological polar surface area (TPSA) is 94.3 Å². The van der Waals surface area contributed by atoms with Gasteiger partial charge in [0.2, 0.25) is 0 Å². The molecule has 3 heterocycles. The van der Waals surface area contributed by atoms with Crippen molar-refractivity contribution in [3.05, 3.63) is 49.4 Å². The van der Waals surface area contributed by atoms with Gasteiger partial charge in [-0.3, -0.25) is 0 Å². The van der Waals surface area contributed by atoms with Crippen LogP contribution < -0.4 is 5.32 Å². The molecule has 0 aliphatic carbocycles. The molecule has 0 unspecified atom stereocenters. The molecule has 118 valence electrons. The van der Waals surface area contributed by atoms with Crippen LogP contribution in [0.3, 0.4) is 0 Å².